The number of hydrogen-bond donors (Lipinski definition) is 1. The summed E-state index contributed by atoms with van der Waals surface area (Å²) in [6.45, 7) is 4.28. The van der Waals surface area contributed by atoms with Crippen LogP contribution < -0.4 is 5.32 Å². The van der Waals surface area contributed by atoms with Crippen LogP contribution in [-0.4, -0.2) is 25.3 Å². The monoisotopic (exact) mass is 197 g/mol. The Hall–Kier alpha value is -0.0800. The van der Waals surface area contributed by atoms with E-state index in [2.05, 4.69) is 12.2 Å². The van der Waals surface area contributed by atoms with Crippen LogP contribution in [0.15, 0.2) is 0 Å². The third kappa shape index (κ3) is 2.71. The molecule has 2 atom stereocenters. The standard InChI is InChI=1S/C12H23NO/c1-10(11-5-4-8-14-9-11)13-12-6-2-3-7-12/h10-13H,2-9H2,1H3. The van der Waals surface area contributed by atoms with Crippen LogP contribution in [0.25, 0.3) is 0 Å². The van der Waals surface area contributed by atoms with Crippen LogP contribution in [0.4, 0.5) is 0 Å². The summed E-state index contributed by atoms with van der Waals surface area (Å²) in [6, 6.07) is 1.45. The van der Waals surface area contributed by atoms with E-state index in [0.717, 1.165) is 25.2 Å². The second-order valence-electron chi connectivity index (χ2n) is 4.91. The quantitative estimate of drug-likeness (QED) is 0.750. The van der Waals surface area contributed by atoms with Crippen molar-refractivity contribution >= 4 is 0 Å². The Labute approximate surface area is 87.4 Å². The van der Waals surface area contributed by atoms with E-state index >= 15 is 0 Å². The summed E-state index contributed by atoms with van der Waals surface area (Å²) in [5, 5.41) is 3.77. The molecule has 1 saturated carbocycles. The highest BCUT2D eigenvalue weighted by molar-refractivity contribution is 4.81. The third-order valence-corrected chi connectivity index (χ3v) is 3.76. The summed E-state index contributed by atoms with van der Waals surface area (Å²) in [5.74, 6) is 0.754. The molecule has 82 valence electrons. The van der Waals surface area contributed by atoms with Crippen LogP contribution in [0, 0.1) is 5.92 Å². The number of hydrogen-bond acceptors (Lipinski definition) is 2. The first-order chi connectivity index (χ1) is 6.86. The van der Waals surface area contributed by atoms with E-state index in [9.17, 15) is 0 Å². The normalized spacial score (nSPS) is 31.9. The van der Waals surface area contributed by atoms with Gasteiger partial charge in [-0.2, -0.15) is 0 Å². The molecule has 0 amide bonds. The number of ether oxygens (including phenoxy) is 1. The lowest BCUT2D eigenvalue weighted by Gasteiger charge is -2.30. The predicted molar refractivity (Wildman–Crippen MR) is 58.4 cm³/mol. The van der Waals surface area contributed by atoms with E-state index < -0.39 is 0 Å². The van der Waals surface area contributed by atoms with Crippen molar-refractivity contribution < 1.29 is 4.74 Å². The molecule has 2 nitrogen and oxygen atoms in total. The zero-order chi connectivity index (χ0) is 9.80. The third-order valence-electron chi connectivity index (χ3n) is 3.76. The molecular weight excluding hydrogens is 174 g/mol. The maximum atomic E-state index is 5.53. The predicted octanol–water partition coefficient (Wildman–Crippen LogP) is 2.33. The summed E-state index contributed by atoms with van der Waals surface area (Å²) < 4.78 is 5.53. The molecule has 2 fully saturated rings. The smallest absolute Gasteiger partial charge is 0.0509 e. The molecule has 0 bridgehead atoms. The van der Waals surface area contributed by atoms with E-state index in [4.69, 9.17) is 4.74 Å². The Bertz CT molecular complexity index is 160. The van der Waals surface area contributed by atoms with Gasteiger partial charge in [-0.15, -0.1) is 0 Å². The molecule has 1 N–H and O–H groups in total. The van der Waals surface area contributed by atoms with Crippen LogP contribution in [0.1, 0.15) is 45.4 Å². The van der Waals surface area contributed by atoms with E-state index in [1.807, 2.05) is 0 Å². The Kier molecular flexibility index (Phi) is 3.82. The largest absolute Gasteiger partial charge is 0.381 e. The van der Waals surface area contributed by atoms with Gasteiger partial charge in [0.15, 0.2) is 0 Å². The van der Waals surface area contributed by atoms with Crippen molar-refractivity contribution in [2.75, 3.05) is 13.2 Å². The SMILES string of the molecule is CC(NC1CCCC1)C1CCCOC1. The van der Waals surface area contributed by atoms with Gasteiger partial charge in [0, 0.05) is 18.7 Å². The Balaban J connectivity index is 1.72. The first-order valence-electron chi connectivity index (χ1n) is 6.20. The summed E-state index contributed by atoms with van der Waals surface area (Å²) in [4.78, 5) is 0. The molecule has 0 aromatic carbocycles. The lowest BCUT2D eigenvalue weighted by molar-refractivity contribution is 0.0403. The average Bonchev–Trinajstić information content (AvgIpc) is 2.72. The lowest BCUT2D eigenvalue weighted by atomic mass is 9.94. The van der Waals surface area contributed by atoms with Crippen molar-refractivity contribution in [3.8, 4) is 0 Å². The highest BCUT2D eigenvalue weighted by Crippen LogP contribution is 2.22. The van der Waals surface area contributed by atoms with Crippen LogP contribution in [0.2, 0.25) is 0 Å². The maximum absolute atomic E-state index is 5.53. The minimum atomic E-state index is 0.651. The van der Waals surface area contributed by atoms with Crippen molar-refractivity contribution in [3.05, 3.63) is 0 Å². The zero-order valence-electron chi connectivity index (χ0n) is 9.30. The molecule has 2 rings (SSSR count). The van der Waals surface area contributed by atoms with Gasteiger partial charge in [-0.3, -0.25) is 0 Å². The minimum absolute atomic E-state index is 0.651. The molecule has 2 heteroatoms. The summed E-state index contributed by atoms with van der Waals surface area (Å²) in [5.41, 5.74) is 0. The highest BCUT2D eigenvalue weighted by Gasteiger charge is 2.24. The van der Waals surface area contributed by atoms with E-state index in [-0.39, 0.29) is 0 Å². The lowest BCUT2D eigenvalue weighted by Crippen LogP contribution is -2.42. The fourth-order valence-electron chi connectivity index (χ4n) is 2.76. The minimum Gasteiger partial charge on any atom is -0.381 e. The molecule has 1 aliphatic heterocycles. The fourth-order valence-corrected chi connectivity index (χ4v) is 2.76. The second kappa shape index (κ2) is 5.13. The summed E-state index contributed by atoms with van der Waals surface area (Å²) in [6.07, 6.45) is 8.22. The first-order valence-corrected chi connectivity index (χ1v) is 6.20. The molecule has 2 unspecified atom stereocenters. The van der Waals surface area contributed by atoms with Crippen LogP contribution in [0.3, 0.4) is 0 Å². The van der Waals surface area contributed by atoms with Crippen molar-refractivity contribution in [2.45, 2.75) is 57.5 Å². The number of rotatable bonds is 3. The number of nitrogens with one attached hydrogen (secondary N) is 1. The zero-order valence-corrected chi connectivity index (χ0v) is 9.30. The first kappa shape index (κ1) is 10.4. The van der Waals surface area contributed by atoms with Gasteiger partial charge >= 0.3 is 0 Å². The van der Waals surface area contributed by atoms with Crippen LogP contribution in [0.5, 0.6) is 0 Å². The van der Waals surface area contributed by atoms with Crippen LogP contribution in [-0.2, 0) is 4.74 Å². The Morgan fingerprint density at radius 2 is 1.93 bits per heavy atom. The fraction of sp³-hybridized carbons (Fsp3) is 1.00. The van der Waals surface area contributed by atoms with Crippen molar-refractivity contribution in [1.82, 2.24) is 5.32 Å². The van der Waals surface area contributed by atoms with E-state index in [0.29, 0.717) is 6.04 Å². The van der Waals surface area contributed by atoms with Crippen molar-refractivity contribution in [2.24, 2.45) is 5.92 Å². The molecule has 0 aromatic rings. The molecule has 1 saturated heterocycles. The summed E-state index contributed by atoms with van der Waals surface area (Å²) >= 11 is 0. The van der Waals surface area contributed by atoms with E-state index in [1.165, 1.54) is 38.5 Å². The molecule has 0 spiro atoms. The molecule has 14 heavy (non-hydrogen) atoms. The molecule has 2 aliphatic rings. The van der Waals surface area contributed by atoms with Gasteiger partial charge in [0.05, 0.1) is 6.61 Å². The molecule has 0 aromatic heterocycles. The second-order valence-corrected chi connectivity index (χ2v) is 4.91. The van der Waals surface area contributed by atoms with Gasteiger partial charge in [-0.25, -0.2) is 0 Å². The Morgan fingerprint density at radius 1 is 1.14 bits per heavy atom. The van der Waals surface area contributed by atoms with Gasteiger partial charge in [0.25, 0.3) is 0 Å². The van der Waals surface area contributed by atoms with Crippen molar-refractivity contribution in [1.29, 1.82) is 0 Å². The summed E-state index contributed by atoms with van der Waals surface area (Å²) in [7, 11) is 0. The van der Waals surface area contributed by atoms with Gasteiger partial charge in [-0.1, -0.05) is 12.8 Å². The van der Waals surface area contributed by atoms with Gasteiger partial charge in [-0.05, 0) is 38.5 Å². The topological polar surface area (TPSA) is 21.3 Å². The average molecular weight is 197 g/mol. The van der Waals surface area contributed by atoms with Crippen molar-refractivity contribution in [3.63, 3.8) is 0 Å². The molecule has 0 radical (unpaired) electrons. The van der Waals surface area contributed by atoms with Gasteiger partial charge in [0.1, 0.15) is 0 Å². The van der Waals surface area contributed by atoms with Gasteiger partial charge < -0.3 is 10.1 Å². The molecular formula is C12H23NO. The Morgan fingerprint density at radius 3 is 2.57 bits per heavy atom. The highest BCUT2D eigenvalue weighted by atomic mass is 16.5. The van der Waals surface area contributed by atoms with Gasteiger partial charge in [0.2, 0.25) is 0 Å². The van der Waals surface area contributed by atoms with Crippen LogP contribution >= 0.6 is 0 Å². The molecule has 1 heterocycles. The molecule has 1 aliphatic carbocycles. The maximum Gasteiger partial charge on any atom is 0.0509 e. The van der Waals surface area contributed by atoms with E-state index in [1.54, 1.807) is 0 Å².